The van der Waals surface area contributed by atoms with Gasteiger partial charge in [-0.3, -0.25) is 0 Å². The van der Waals surface area contributed by atoms with Gasteiger partial charge in [-0.25, -0.2) is 0 Å². The molecule has 0 amide bonds. The zero-order chi connectivity index (χ0) is 15.5. The molecule has 0 aliphatic carbocycles. The lowest BCUT2D eigenvalue weighted by Crippen LogP contribution is -2.28. The average Bonchev–Trinajstić information content (AvgIpc) is 2.66. The molecule has 0 saturated carbocycles. The summed E-state index contributed by atoms with van der Waals surface area (Å²) in [5, 5.41) is 3.36. The van der Waals surface area contributed by atoms with E-state index in [-0.39, 0.29) is 6.04 Å². The van der Waals surface area contributed by atoms with Crippen LogP contribution in [0.4, 0.5) is 5.69 Å². The predicted octanol–water partition coefficient (Wildman–Crippen LogP) is 3.99. The molecule has 0 bridgehead atoms. The molecule has 1 saturated heterocycles. The van der Waals surface area contributed by atoms with Crippen molar-refractivity contribution in [1.82, 2.24) is 5.32 Å². The van der Waals surface area contributed by atoms with Gasteiger partial charge in [-0.1, -0.05) is 19.9 Å². The molecule has 2 rings (SSSR count). The van der Waals surface area contributed by atoms with Crippen LogP contribution in [-0.2, 0) is 0 Å². The van der Waals surface area contributed by atoms with Crippen molar-refractivity contribution in [3.8, 4) is 5.75 Å². The molecule has 1 aliphatic heterocycles. The summed E-state index contributed by atoms with van der Waals surface area (Å²) < 4.78 is 5.61. The van der Waals surface area contributed by atoms with E-state index in [1.807, 2.05) is 7.05 Å². The number of hydrogen-bond acceptors (Lipinski definition) is 3. The Morgan fingerprint density at radius 1 is 1.24 bits per heavy atom. The minimum atomic E-state index is 0.285. The molecule has 1 aliphatic rings. The lowest BCUT2D eigenvalue weighted by molar-refractivity contribution is 0.325. The van der Waals surface area contributed by atoms with Gasteiger partial charge in [-0.05, 0) is 50.8 Å². The van der Waals surface area contributed by atoms with Crippen molar-refractivity contribution >= 4 is 5.69 Å². The maximum atomic E-state index is 5.61. The number of nitrogens with one attached hydrogen (secondary N) is 1. The molecule has 3 nitrogen and oxygen atoms in total. The van der Waals surface area contributed by atoms with Gasteiger partial charge in [-0.15, -0.1) is 0 Å². The second kappa shape index (κ2) is 6.69. The van der Waals surface area contributed by atoms with Gasteiger partial charge in [0.1, 0.15) is 5.75 Å². The molecule has 1 N–H and O–H groups in total. The van der Waals surface area contributed by atoms with Gasteiger partial charge in [0.25, 0.3) is 0 Å². The highest BCUT2D eigenvalue weighted by atomic mass is 16.5. The normalized spacial score (nSPS) is 20.0. The first-order chi connectivity index (χ1) is 9.98. The third-order valence-corrected chi connectivity index (χ3v) is 4.81. The standard InChI is InChI=1S/C18H30N2O/c1-14(19-4)17-15(8-6-9-16(17)21-5)20-12-7-10-18(2,3)11-13-20/h6,8-9,14,19H,7,10-13H2,1-5H3. The Morgan fingerprint density at radius 3 is 2.67 bits per heavy atom. The Morgan fingerprint density at radius 2 is 2.00 bits per heavy atom. The van der Waals surface area contributed by atoms with Crippen molar-refractivity contribution in [3.63, 3.8) is 0 Å². The van der Waals surface area contributed by atoms with Crippen molar-refractivity contribution < 1.29 is 4.74 Å². The van der Waals surface area contributed by atoms with Gasteiger partial charge >= 0.3 is 0 Å². The predicted molar refractivity (Wildman–Crippen MR) is 90.3 cm³/mol. The Balaban J connectivity index is 2.34. The fourth-order valence-corrected chi connectivity index (χ4v) is 3.23. The van der Waals surface area contributed by atoms with Gasteiger partial charge < -0.3 is 15.0 Å². The molecule has 1 heterocycles. The molecule has 1 aromatic carbocycles. The molecule has 3 heteroatoms. The third kappa shape index (κ3) is 3.70. The summed E-state index contributed by atoms with van der Waals surface area (Å²) in [5.74, 6) is 0.984. The van der Waals surface area contributed by atoms with E-state index in [2.05, 4.69) is 49.2 Å². The van der Waals surface area contributed by atoms with Crippen LogP contribution < -0.4 is 15.0 Å². The van der Waals surface area contributed by atoms with E-state index in [0.29, 0.717) is 5.41 Å². The summed E-state index contributed by atoms with van der Waals surface area (Å²) >= 11 is 0. The molecule has 118 valence electrons. The monoisotopic (exact) mass is 290 g/mol. The van der Waals surface area contributed by atoms with Crippen LogP contribution >= 0.6 is 0 Å². The van der Waals surface area contributed by atoms with Crippen molar-refractivity contribution in [2.24, 2.45) is 5.41 Å². The number of rotatable bonds is 4. The highest BCUT2D eigenvalue weighted by Gasteiger charge is 2.25. The Hall–Kier alpha value is -1.22. The van der Waals surface area contributed by atoms with Gasteiger partial charge in [0, 0.05) is 30.4 Å². The Kier molecular flexibility index (Phi) is 5.15. The van der Waals surface area contributed by atoms with Crippen LogP contribution in [0.3, 0.4) is 0 Å². The van der Waals surface area contributed by atoms with Crippen LogP contribution in [-0.4, -0.2) is 27.2 Å². The first kappa shape index (κ1) is 16.2. The molecule has 0 aromatic heterocycles. The molecule has 21 heavy (non-hydrogen) atoms. The summed E-state index contributed by atoms with van der Waals surface area (Å²) in [5.41, 5.74) is 3.07. The first-order valence-corrected chi connectivity index (χ1v) is 8.07. The van der Waals surface area contributed by atoms with Gasteiger partial charge in [0.05, 0.1) is 7.11 Å². The molecule has 1 fully saturated rings. The number of methoxy groups -OCH3 is 1. The smallest absolute Gasteiger partial charge is 0.125 e. The molecule has 1 aromatic rings. The second-order valence-corrected chi connectivity index (χ2v) is 6.91. The highest BCUT2D eigenvalue weighted by Crippen LogP contribution is 2.37. The lowest BCUT2D eigenvalue weighted by atomic mass is 9.85. The maximum Gasteiger partial charge on any atom is 0.125 e. The summed E-state index contributed by atoms with van der Waals surface area (Å²) in [6.45, 7) is 9.24. The topological polar surface area (TPSA) is 24.5 Å². The van der Waals surface area contributed by atoms with Gasteiger partial charge in [-0.2, -0.15) is 0 Å². The van der Waals surface area contributed by atoms with Crippen LogP contribution in [0.1, 0.15) is 51.6 Å². The number of anilines is 1. The Bertz CT molecular complexity index is 470. The minimum absolute atomic E-state index is 0.285. The SMILES string of the molecule is CNC(C)c1c(OC)cccc1N1CCCC(C)(C)CC1. The molecule has 1 atom stereocenters. The summed E-state index contributed by atoms with van der Waals surface area (Å²) in [7, 11) is 3.77. The van der Waals surface area contributed by atoms with E-state index < -0.39 is 0 Å². The number of nitrogens with zero attached hydrogens (tertiary/aromatic N) is 1. The van der Waals surface area contributed by atoms with E-state index in [9.17, 15) is 0 Å². The summed E-state index contributed by atoms with van der Waals surface area (Å²) in [4.78, 5) is 2.54. The highest BCUT2D eigenvalue weighted by molar-refractivity contribution is 5.61. The van der Waals surface area contributed by atoms with Crippen molar-refractivity contribution in [2.75, 3.05) is 32.1 Å². The number of ether oxygens (including phenoxy) is 1. The number of hydrogen-bond donors (Lipinski definition) is 1. The maximum absolute atomic E-state index is 5.61. The molecular formula is C18H30N2O. The molecular weight excluding hydrogens is 260 g/mol. The van der Waals surface area contributed by atoms with Crippen molar-refractivity contribution in [1.29, 1.82) is 0 Å². The van der Waals surface area contributed by atoms with E-state index in [1.165, 1.54) is 30.5 Å². The zero-order valence-corrected chi connectivity index (χ0v) is 14.2. The molecule has 0 radical (unpaired) electrons. The summed E-state index contributed by atoms with van der Waals surface area (Å²) in [6.07, 6.45) is 3.82. The van der Waals surface area contributed by atoms with E-state index in [4.69, 9.17) is 4.74 Å². The Labute approximate surface area is 129 Å². The number of benzene rings is 1. The van der Waals surface area contributed by atoms with Crippen LogP contribution in [0.15, 0.2) is 18.2 Å². The van der Waals surface area contributed by atoms with Crippen molar-refractivity contribution in [3.05, 3.63) is 23.8 Å². The van der Waals surface area contributed by atoms with Gasteiger partial charge in [0.2, 0.25) is 0 Å². The average molecular weight is 290 g/mol. The lowest BCUT2D eigenvalue weighted by Gasteiger charge is -2.29. The fraction of sp³-hybridized carbons (Fsp3) is 0.667. The largest absolute Gasteiger partial charge is 0.496 e. The van der Waals surface area contributed by atoms with E-state index in [0.717, 1.165) is 18.8 Å². The van der Waals surface area contributed by atoms with E-state index >= 15 is 0 Å². The second-order valence-electron chi connectivity index (χ2n) is 6.91. The zero-order valence-electron chi connectivity index (χ0n) is 14.2. The fourth-order valence-electron chi connectivity index (χ4n) is 3.23. The van der Waals surface area contributed by atoms with Crippen LogP contribution in [0.5, 0.6) is 5.75 Å². The molecule has 0 spiro atoms. The van der Waals surface area contributed by atoms with Crippen LogP contribution in [0.25, 0.3) is 0 Å². The first-order valence-electron chi connectivity index (χ1n) is 8.07. The van der Waals surface area contributed by atoms with Crippen molar-refractivity contribution in [2.45, 2.75) is 46.1 Å². The quantitative estimate of drug-likeness (QED) is 0.907. The van der Waals surface area contributed by atoms with E-state index in [1.54, 1.807) is 7.11 Å². The minimum Gasteiger partial charge on any atom is -0.496 e. The van der Waals surface area contributed by atoms with Crippen LogP contribution in [0, 0.1) is 5.41 Å². The molecule has 1 unspecified atom stereocenters. The van der Waals surface area contributed by atoms with Crippen LogP contribution in [0.2, 0.25) is 0 Å². The summed E-state index contributed by atoms with van der Waals surface area (Å²) in [6, 6.07) is 6.70. The van der Waals surface area contributed by atoms with Gasteiger partial charge in [0.15, 0.2) is 0 Å². The third-order valence-electron chi connectivity index (χ3n) is 4.81.